The van der Waals surface area contributed by atoms with Crippen LogP contribution in [0.15, 0.2) is 12.1 Å². The Kier molecular flexibility index (Phi) is 4.08. The number of aromatic hydroxyl groups is 1. The number of likely N-dealkylation sites (tertiary alicyclic amines) is 1. The van der Waals surface area contributed by atoms with Gasteiger partial charge in [0.05, 0.1) is 5.60 Å². The van der Waals surface area contributed by atoms with Crippen molar-refractivity contribution in [1.29, 1.82) is 0 Å². The van der Waals surface area contributed by atoms with E-state index >= 15 is 0 Å². The van der Waals surface area contributed by atoms with Gasteiger partial charge in [-0.05, 0) is 81.4 Å². The van der Waals surface area contributed by atoms with Crippen LogP contribution in [0.2, 0.25) is 0 Å². The number of hydrogen-bond donors (Lipinski definition) is 2. The molecule has 7 aliphatic rings. The summed E-state index contributed by atoms with van der Waals surface area (Å²) in [5.74, 6) is 1.80. The number of ether oxygens (including phenoxy) is 2. The van der Waals surface area contributed by atoms with Crippen molar-refractivity contribution in [2.24, 2.45) is 22.7 Å². The number of benzene rings is 1. The van der Waals surface area contributed by atoms with Crippen LogP contribution < -0.4 is 4.74 Å². The molecular weight excluding hydrogens is 426 g/mol. The monoisotopic (exact) mass is 467 g/mol. The van der Waals surface area contributed by atoms with Gasteiger partial charge in [0.2, 0.25) is 0 Å². The fourth-order valence-corrected chi connectivity index (χ4v) is 9.58. The SMILES string of the molecule is CO[C@]12CC[C@@]3(C[C@@H]1C(C)(O)C(C)(C)C)C1Cc4ccc(O)c5c4[C@@]3(CCN1CC1CC1)C2O5. The van der Waals surface area contributed by atoms with E-state index in [2.05, 4.69) is 31.7 Å². The van der Waals surface area contributed by atoms with Gasteiger partial charge in [0.15, 0.2) is 11.5 Å². The first-order valence-corrected chi connectivity index (χ1v) is 13.6. The summed E-state index contributed by atoms with van der Waals surface area (Å²) in [5.41, 5.74) is 0.783. The standard InChI is InChI=1S/C29H41NO4/c1-25(2,3)26(4,32)20-15-27-10-11-29(20,33-5)24-28(27)12-13-30(16-17-6-7-17)21(27)14-18-8-9-19(31)23(34-24)22(18)28/h8-9,17,20-21,24,31-32H,6-7,10-16H2,1-5H3/t20-,21?,24?,26?,27-,28+,29-/m1/s1. The van der Waals surface area contributed by atoms with Crippen molar-refractivity contribution >= 4 is 0 Å². The first-order chi connectivity index (χ1) is 16.0. The Bertz CT molecular complexity index is 1060. The van der Waals surface area contributed by atoms with Gasteiger partial charge >= 0.3 is 0 Å². The second kappa shape index (κ2) is 6.33. The molecule has 7 atom stereocenters. The van der Waals surface area contributed by atoms with Crippen LogP contribution in [0.4, 0.5) is 0 Å². The number of nitrogens with zero attached hydrogens (tertiary/aromatic N) is 1. The van der Waals surface area contributed by atoms with Crippen LogP contribution in [0.25, 0.3) is 0 Å². The average molecular weight is 468 g/mol. The third kappa shape index (κ3) is 2.25. The van der Waals surface area contributed by atoms with E-state index in [1.54, 1.807) is 0 Å². The smallest absolute Gasteiger partial charge is 0.165 e. The van der Waals surface area contributed by atoms with Crippen molar-refractivity contribution in [3.63, 3.8) is 0 Å². The van der Waals surface area contributed by atoms with Gasteiger partial charge in [-0.25, -0.2) is 0 Å². The lowest BCUT2D eigenvalue weighted by Crippen LogP contribution is -2.83. The molecule has 2 aliphatic heterocycles. The van der Waals surface area contributed by atoms with Crippen LogP contribution in [0.5, 0.6) is 11.5 Å². The molecule has 34 heavy (non-hydrogen) atoms. The van der Waals surface area contributed by atoms with Crippen molar-refractivity contribution in [2.45, 2.75) is 101 Å². The third-order valence-electron chi connectivity index (χ3n) is 11.9. The zero-order chi connectivity index (χ0) is 23.9. The van der Waals surface area contributed by atoms with E-state index in [1.165, 1.54) is 30.5 Å². The van der Waals surface area contributed by atoms with Crippen molar-refractivity contribution < 1.29 is 19.7 Å². The van der Waals surface area contributed by atoms with Crippen LogP contribution >= 0.6 is 0 Å². The molecule has 0 aromatic heterocycles. The zero-order valence-electron chi connectivity index (χ0n) is 21.5. The molecule has 2 spiro atoms. The van der Waals surface area contributed by atoms with Crippen molar-refractivity contribution in [1.82, 2.24) is 4.90 Å². The van der Waals surface area contributed by atoms with E-state index in [0.717, 1.165) is 44.6 Å². The van der Waals surface area contributed by atoms with E-state index < -0.39 is 11.2 Å². The molecule has 1 saturated heterocycles. The summed E-state index contributed by atoms with van der Waals surface area (Å²) in [6.45, 7) is 10.8. The number of fused-ring (bicyclic) bond motifs is 2. The normalized spacial score (nSPS) is 43.9. The van der Waals surface area contributed by atoms with Gasteiger partial charge in [0.25, 0.3) is 0 Å². The molecule has 0 radical (unpaired) electrons. The Morgan fingerprint density at radius 2 is 1.91 bits per heavy atom. The highest BCUT2D eigenvalue weighted by Crippen LogP contribution is 2.78. The third-order valence-corrected chi connectivity index (χ3v) is 11.9. The van der Waals surface area contributed by atoms with Crippen LogP contribution in [-0.2, 0) is 16.6 Å². The fourth-order valence-electron chi connectivity index (χ4n) is 9.58. The largest absolute Gasteiger partial charge is 0.504 e. The first kappa shape index (κ1) is 21.9. The van der Waals surface area contributed by atoms with Crippen molar-refractivity contribution in [3.05, 3.63) is 23.3 Å². The van der Waals surface area contributed by atoms with E-state index in [-0.39, 0.29) is 34.0 Å². The number of phenolic OH excluding ortho intramolecular Hbond substituents is 1. The first-order valence-electron chi connectivity index (χ1n) is 13.6. The highest BCUT2D eigenvalue weighted by molar-refractivity contribution is 5.63. The number of piperidine rings is 1. The van der Waals surface area contributed by atoms with Gasteiger partial charge in [0.1, 0.15) is 11.7 Å². The molecule has 2 N–H and O–H groups in total. The zero-order valence-corrected chi connectivity index (χ0v) is 21.5. The molecule has 2 heterocycles. The van der Waals surface area contributed by atoms with Crippen molar-refractivity contribution in [3.8, 4) is 11.5 Å². The Labute approximate surface area is 203 Å². The average Bonchev–Trinajstić information content (AvgIpc) is 3.53. The molecule has 5 aliphatic carbocycles. The van der Waals surface area contributed by atoms with Gasteiger partial charge in [-0.15, -0.1) is 0 Å². The predicted octanol–water partition coefficient (Wildman–Crippen LogP) is 4.41. The Hall–Kier alpha value is -1.30. The maximum atomic E-state index is 12.2. The number of aliphatic hydroxyl groups is 1. The maximum Gasteiger partial charge on any atom is 0.165 e. The van der Waals surface area contributed by atoms with Crippen LogP contribution in [0.3, 0.4) is 0 Å². The second-order valence-electron chi connectivity index (χ2n) is 13.8. The van der Waals surface area contributed by atoms with E-state index in [4.69, 9.17) is 9.47 Å². The Morgan fingerprint density at radius 1 is 1.15 bits per heavy atom. The minimum Gasteiger partial charge on any atom is -0.504 e. The van der Waals surface area contributed by atoms with Gasteiger partial charge in [-0.2, -0.15) is 0 Å². The predicted molar refractivity (Wildman–Crippen MR) is 130 cm³/mol. The summed E-state index contributed by atoms with van der Waals surface area (Å²) in [6, 6.07) is 4.46. The fraction of sp³-hybridized carbons (Fsp3) is 0.793. The summed E-state index contributed by atoms with van der Waals surface area (Å²) < 4.78 is 13.5. The molecule has 186 valence electrons. The second-order valence-corrected chi connectivity index (χ2v) is 13.8. The lowest BCUT2D eigenvalue weighted by Gasteiger charge is -2.75. The molecule has 8 rings (SSSR count). The van der Waals surface area contributed by atoms with Crippen LogP contribution in [-0.4, -0.2) is 58.7 Å². The van der Waals surface area contributed by atoms with E-state index in [0.29, 0.717) is 11.8 Å². The van der Waals surface area contributed by atoms with E-state index in [9.17, 15) is 10.2 Å². The lowest BCUT2D eigenvalue weighted by atomic mass is 9.33. The summed E-state index contributed by atoms with van der Waals surface area (Å²) in [7, 11) is 1.83. The van der Waals surface area contributed by atoms with Crippen molar-refractivity contribution in [2.75, 3.05) is 20.2 Å². The van der Waals surface area contributed by atoms with E-state index in [1.807, 2.05) is 20.1 Å². The summed E-state index contributed by atoms with van der Waals surface area (Å²) in [5, 5.41) is 23.2. The number of hydrogen-bond acceptors (Lipinski definition) is 5. The summed E-state index contributed by atoms with van der Waals surface area (Å²) >= 11 is 0. The highest BCUT2D eigenvalue weighted by Gasteiger charge is 2.82. The molecule has 5 nitrogen and oxygen atoms in total. The molecule has 0 amide bonds. The number of phenols is 1. The lowest BCUT2D eigenvalue weighted by molar-refractivity contribution is -0.312. The molecule has 4 bridgehead atoms. The molecule has 5 fully saturated rings. The van der Waals surface area contributed by atoms with Crippen LogP contribution in [0, 0.1) is 22.7 Å². The van der Waals surface area contributed by atoms with Gasteiger partial charge < -0.3 is 19.7 Å². The number of methoxy groups -OCH3 is 1. The number of rotatable bonds is 4. The molecule has 5 heteroatoms. The Balaban J connectivity index is 1.47. The molecule has 1 aromatic rings. The molecule has 1 aromatic carbocycles. The minimum atomic E-state index is -0.909. The van der Waals surface area contributed by atoms with Gasteiger partial charge in [-0.3, -0.25) is 4.90 Å². The van der Waals surface area contributed by atoms with Gasteiger partial charge in [0, 0.05) is 42.0 Å². The van der Waals surface area contributed by atoms with Gasteiger partial charge in [-0.1, -0.05) is 26.8 Å². The molecular formula is C29H41NO4. The minimum absolute atomic E-state index is 0.0294. The Morgan fingerprint density at radius 3 is 2.59 bits per heavy atom. The quantitative estimate of drug-likeness (QED) is 0.687. The highest BCUT2D eigenvalue weighted by atomic mass is 16.6. The summed E-state index contributed by atoms with van der Waals surface area (Å²) in [4.78, 5) is 2.82. The topological polar surface area (TPSA) is 62.2 Å². The molecule has 4 saturated carbocycles. The summed E-state index contributed by atoms with van der Waals surface area (Å²) in [6.07, 6.45) is 7.64. The van der Waals surface area contributed by atoms with Crippen LogP contribution in [0.1, 0.15) is 77.3 Å². The maximum absolute atomic E-state index is 12.2. The molecule has 3 unspecified atom stereocenters.